The smallest absolute Gasteiger partial charge is 0.226 e. The highest BCUT2D eigenvalue weighted by atomic mass is 16.3. The topological polar surface area (TPSA) is 98.8 Å². The fourth-order valence-corrected chi connectivity index (χ4v) is 3.09. The quantitative estimate of drug-likeness (QED) is 0.667. The third kappa shape index (κ3) is 2.92. The van der Waals surface area contributed by atoms with Gasteiger partial charge in [-0.1, -0.05) is 12.8 Å². The molecule has 2 unspecified atom stereocenters. The van der Waals surface area contributed by atoms with Gasteiger partial charge in [-0.05, 0) is 24.7 Å². The number of rotatable bonds is 5. The fraction of sp³-hybridized carbons (Fsp3) is 0.643. The Bertz CT molecular complexity index is 598. The molecule has 0 amide bonds. The minimum atomic E-state index is 0.275. The summed E-state index contributed by atoms with van der Waals surface area (Å²) in [6.45, 7) is 1.09. The molecule has 1 aliphatic carbocycles. The van der Waals surface area contributed by atoms with Crippen molar-refractivity contribution in [2.24, 2.45) is 11.8 Å². The molecular formula is C14H22N6O. The lowest BCUT2D eigenvalue weighted by atomic mass is 9.79. The second-order valence-electron chi connectivity index (χ2n) is 5.62. The monoisotopic (exact) mass is 290 g/mol. The molecule has 0 radical (unpaired) electrons. The van der Waals surface area contributed by atoms with Crippen LogP contribution in [0, 0.1) is 11.8 Å². The van der Waals surface area contributed by atoms with Gasteiger partial charge in [-0.25, -0.2) is 4.98 Å². The van der Waals surface area contributed by atoms with Gasteiger partial charge in [0, 0.05) is 20.2 Å². The molecule has 2 heterocycles. The highest BCUT2D eigenvalue weighted by Crippen LogP contribution is 2.30. The molecule has 3 rings (SSSR count). The van der Waals surface area contributed by atoms with Gasteiger partial charge in [0.15, 0.2) is 11.5 Å². The Morgan fingerprint density at radius 3 is 2.86 bits per heavy atom. The number of aliphatic hydroxyl groups is 1. The normalized spacial score (nSPS) is 22.4. The number of aromatic amines is 1. The molecule has 1 fully saturated rings. The minimum absolute atomic E-state index is 0.275. The zero-order chi connectivity index (χ0) is 14.7. The van der Waals surface area contributed by atoms with Crippen molar-refractivity contribution in [3.63, 3.8) is 0 Å². The Hall–Kier alpha value is -1.89. The van der Waals surface area contributed by atoms with Gasteiger partial charge >= 0.3 is 0 Å². The molecule has 0 spiro atoms. The lowest BCUT2D eigenvalue weighted by Crippen LogP contribution is -2.29. The Morgan fingerprint density at radius 1 is 1.29 bits per heavy atom. The third-order valence-corrected chi connectivity index (χ3v) is 4.34. The highest BCUT2D eigenvalue weighted by molar-refractivity contribution is 5.83. The molecule has 2 aromatic rings. The van der Waals surface area contributed by atoms with E-state index in [-0.39, 0.29) is 6.61 Å². The number of nitrogens with zero attached hydrogens (tertiary/aromatic N) is 3. The first-order chi connectivity index (χ1) is 10.3. The standard InChI is InChI=1S/C14H22N6O/c1-15-14-19-12(11-13(20-14)18-8-17-11)16-6-9-4-2-3-5-10(9)7-21/h8-10,21H,2-7H2,1H3,(H3,15,16,17,18,19,20). The Kier molecular flexibility index (Phi) is 4.19. The maximum absolute atomic E-state index is 9.50. The molecule has 7 nitrogen and oxygen atoms in total. The van der Waals surface area contributed by atoms with Gasteiger partial charge in [0.25, 0.3) is 0 Å². The minimum Gasteiger partial charge on any atom is -0.396 e. The fourth-order valence-electron chi connectivity index (χ4n) is 3.09. The molecule has 7 heteroatoms. The molecule has 1 aliphatic rings. The molecule has 4 N–H and O–H groups in total. The summed E-state index contributed by atoms with van der Waals surface area (Å²) >= 11 is 0. The Balaban J connectivity index is 1.76. The summed E-state index contributed by atoms with van der Waals surface area (Å²) in [5.74, 6) is 2.22. The summed E-state index contributed by atoms with van der Waals surface area (Å²) < 4.78 is 0. The predicted molar refractivity (Wildman–Crippen MR) is 82.3 cm³/mol. The molecule has 0 aromatic carbocycles. The van der Waals surface area contributed by atoms with Crippen LogP contribution in [-0.2, 0) is 0 Å². The molecular weight excluding hydrogens is 268 g/mol. The van der Waals surface area contributed by atoms with Gasteiger partial charge < -0.3 is 20.7 Å². The maximum atomic E-state index is 9.50. The van der Waals surface area contributed by atoms with E-state index in [9.17, 15) is 5.11 Å². The number of aromatic nitrogens is 4. The SMILES string of the molecule is CNc1nc(NCC2CCCCC2CO)c2[nH]cnc2n1. The molecule has 2 atom stereocenters. The van der Waals surface area contributed by atoms with Crippen LogP contribution in [0.1, 0.15) is 25.7 Å². The summed E-state index contributed by atoms with van der Waals surface area (Å²) in [4.78, 5) is 16.0. The number of nitrogens with one attached hydrogen (secondary N) is 3. The van der Waals surface area contributed by atoms with Gasteiger partial charge in [0.05, 0.1) is 6.33 Å². The van der Waals surface area contributed by atoms with Crippen molar-refractivity contribution in [3.8, 4) is 0 Å². The summed E-state index contributed by atoms with van der Waals surface area (Å²) in [5, 5.41) is 15.9. The summed E-state index contributed by atoms with van der Waals surface area (Å²) in [6.07, 6.45) is 6.38. The summed E-state index contributed by atoms with van der Waals surface area (Å²) in [6, 6.07) is 0. The second-order valence-corrected chi connectivity index (χ2v) is 5.62. The number of aliphatic hydroxyl groups excluding tert-OH is 1. The van der Waals surface area contributed by atoms with E-state index in [0.29, 0.717) is 23.4 Å². The van der Waals surface area contributed by atoms with Gasteiger partial charge in [-0.3, -0.25) is 0 Å². The van der Waals surface area contributed by atoms with Crippen LogP contribution in [0.15, 0.2) is 6.33 Å². The van der Waals surface area contributed by atoms with Crippen molar-refractivity contribution in [1.82, 2.24) is 19.9 Å². The van der Waals surface area contributed by atoms with Gasteiger partial charge in [-0.2, -0.15) is 9.97 Å². The van der Waals surface area contributed by atoms with Gasteiger partial charge in [-0.15, -0.1) is 0 Å². The van der Waals surface area contributed by atoms with E-state index >= 15 is 0 Å². The van der Waals surface area contributed by atoms with Gasteiger partial charge in [0.2, 0.25) is 5.95 Å². The van der Waals surface area contributed by atoms with Crippen LogP contribution in [0.5, 0.6) is 0 Å². The number of anilines is 2. The van der Waals surface area contributed by atoms with Crippen LogP contribution in [0.4, 0.5) is 11.8 Å². The lowest BCUT2D eigenvalue weighted by molar-refractivity contribution is 0.141. The largest absolute Gasteiger partial charge is 0.396 e. The van der Waals surface area contributed by atoms with E-state index in [2.05, 4.69) is 30.6 Å². The molecule has 0 aliphatic heterocycles. The van der Waals surface area contributed by atoms with Crippen LogP contribution in [0.25, 0.3) is 11.2 Å². The number of imidazole rings is 1. The Labute approximate surface area is 123 Å². The van der Waals surface area contributed by atoms with Crippen molar-refractivity contribution in [1.29, 1.82) is 0 Å². The number of H-pyrrole nitrogens is 1. The number of hydrogen-bond acceptors (Lipinski definition) is 6. The summed E-state index contributed by atoms with van der Waals surface area (Å²) in [7, 11) is 1.79. The highest BCUT2D eigenvalue weighted by Gasteiger charge is 2.24. The van der Waals surface area contributed by atoms with Crippen LogP contribution < -0.4 is 10.6 Å². The second kappa shape index (κ2) is 6.26. The average molecular weight is 290 g/mol. The van der Waals surface area contributed by atoms with Crippen LogP contribution in [0.2, 0.25) is 0 Å². The van der Waals surface area contributed by atoms with Crippen molar-refractivity contribution in [2.45, 2.75) is 25.7 Å². The van der Waals surface area contributed by atoms with E-state index in [1.807, 2.05) is 0 Å². The molecule has 21 heavy (non-hydrogen) atoms. The first kappa shape index (κ1) is 14.1. The van der Waals surface area contributed by atoms with E-state index in [4.69, 9.17) is 0 Å². The van der Waals surface area contributed by atoms with Crippen LogP contribution in [-0.4, -0.2) is 45.2 Å². The first-order valence-electron chi connectivity index (χ1n) is 7.55. The lowest BCUT2D eigenvalue weighted by Gasteiger charge is -2.30. The first-order valence-corrected chi connectivity index (χ1v) is 7.55. The zero-order valence-electron chi connectivity index (χ0n) is 12.3. The zero-order valence-corrected chi connectivity index (χ0v) is 12.3. The van der Waals surface area contributed by atoms with E-state index in [1.54, 1.807) is 13.4 Å². The van der Waals surface area contributed by atoms with Crippen LogP contribution >= 0.6 is 0 Å². The molecule has 1 saturated carbocycles. The van der Waals surface area contributed by atoms with Crippen molar-refractivity contribution in [3.05, 3.63) is 6.33 Å². The van der Waals surface area contributed by atoms with E-state index in [1.165, 1.54) is 12.8 Å². The molecule has 2 aromatic heterocycles. The number of fused-ring (bicyclic) bond motifs is 1. The maximum Gasteiger partial charge on any atom is 0.226 e. The van der Waals surface area contributed by atoms with Crippen molar-refractivity contribution < 1.29 is 5.11 Å². The molecule has 114 valence electrons. The molecule has 0 bridgehead atoms. The predicted octanol–water partition coefficient (Wildman–Crippen LogP) is 1.61. The molecule has 0 saturated heterocycles. The van der Waals surface area contributed by atoms with Gasteiger partial charge in [0.1, 0.15) is 5.52 Å². The van der Waals surface area contributed by atoms with Crippen molar-refractivity contribution >= 4 is 22.9 Å². The number of hydrogen-bond donors (Lipinski definition) is 4. The van der Waals surface area contributed by atoms with Crippen LogP contribution in [0.3, 0.4) is 0 Å². The Morgan fingerprint density at radius 2 is 2.10 bits per heavy atom. The summed E-state index contributed by atoms with van der Waals surface area (Å²) in [5.41, 5.74) is 1.48. The third-order valence-electron chi connectivity index (χ3n) is 4.34. The average Bonchev–Trinajstić information content (AvgIpc) is 3.01. The van der Waals surface area contributed by atoms with Crippen molar-refractivity contribution in [2.75, 3.05) is 30.8 Å². The van der Waals surface area contributed by atoms with E-state index in [0.717, 1.165) is 30.7 Å². The van der Waals surface area contributed by atoms with E-state index < -0.39 is 0 Å².